The third-order valence-corrected chi connectivity index (χ3v) is 2.85. The van der Waals surface area contributed by atoms with Crippen LogP contribution < -0.4 is 0 Å². The summed E-state index contributed by atoms with van der Waals surface area (Å²) in [6, 6.07) is 5.71. The number of nitrogens with zero attached hydrogens (tertiary/aromatic N) is 1. The van der Waals surface area contributed by atoms with Crippen LogP contribution in [0.5, 0.6) is 0 Å². The summed E-state index contributed by atoms with van der Waals surface area (Å²) in [5.41, 5.74) is 0.577. The molecule has 1 atom stereocenters. The van der Waals surface area contributed by atoms with Gasteiger partial charge in [0.1, 0.15) is 11.6 Å². The summed E-state index contributed by atoms with van der Waals surface area (Å²) in [5.74, 6) is -1.11. The van der Waals surface area contributed by atoms with Crippen molar-refractivity contribution in [2.75, 3.05) is 0 Å². The van der Waals surface area contributed by atoms with Crippen LogP contribution in [0.1, 0.15) is 17.2 Å². The maximum atomic E-state index is 13.6. The van der Waals surface area contributed by atoms with Gasteiger partial charge < -0.3 is 5.11 Å². The normalized spacial score (nSPS) is 12.4. The number of hydrogen-bond donors (Lipinski definition) is 1. The molecule has 2 aromatic rings. The Hall–Kier alpha value is -1.52. The molecule has 0 aliphatic rings. The summed E-state index contributed by atoms with van der Waals surface area (Å²) in [6.07, 6.45) is 1.37. The van der Waals surface area contributed by atoms with Gasteiger partial charge in [-0.3, -0.25) is 4.98 Å². The summed E-state index contributed by atoms with van der Waals surface area (Å²) in [7, 11) is 0. The van der Waals surface area contributed by atoms with Crippen LogP contribution in [0.2, 0.25) is 5.02 Å². The van der Waals surface area contributed by atoms with E-state index in [1.807, 2.05) is 0 Å². The van der Waals surface area contributed by atoms with Crippen molar-refractivity contribution in [2.24, 2.45) is 0 Å². The van der Waals surface area contributed by atoms with Crippen LogP contribution in [0.3, 0.4) is 0 Å². The van der Waals surface area contributed by atoms with Gasteiger partial charge in [-0.05, 0) is 17.7 Å². The van der Waals surface area contributed by atoms with E-state index in [2.05, 4.69) is 4.98 Å². The summed E-state index contributed by atoms with van der Waals surface area (Å²) in [6.45, 7) is 0. The molecule has 0 spiro atoms. The van der Waals surface area contributed by atoms with E-state index >= 15 is 0 Å². The Morgan fingerprint density at radius 2 is 2.06 bits per heavy atom. The van der Waals surface area contributed by atoms with Crippen molar-refractivity contribution in [3.8, 4) is 0 Å². The molecule has 18 heavy (non-hydrogen) atoms. The average Bonchev–Trinajstić information content (AvgIpc) is 2.35. The van der Waals surface area contributed by atoms with Crippen LogP contribution in [0.25, 0.3) is 0 Å². The zero-order chi connectivity index (χ0) is 13.1. The van der Waals surface area contributed by atoms with Gasteiger partial charge in [0.05, 0.1) is 17.3 Å². The fourth-order valence-electron chi connectivity index (χ4n) is 1.64. The van der Waals surface area contributed by atoms with E-state index in [1.54, 1.807) is 6.07 Å². The first-order valence-corrected chi connectivity index (χ1v) is 5.67. The van der Waals surface area contributed by atoms with Crippen molar-refractivity contribution in [3.63, 3.8) is 0 Å². The summed E-state index contributed by atoms with van der Waals surface area (Å²) < 4.78 is 26.6. The molecule has 1 heterocycles. The maximum absolute atomic E-state index is 13.6. The third-order valence-electron chi connectivity index (χ3n) is 2.56. The molecule has 5 heteroatoms. The number of halogens is 3. The highest BCUT2D eigenvalue weighted by Crippen LogP contribution is 2.23. The van der Waals surface area contributed by atoms with Crippen LogP contribution in [-0.4, -0.2) is 10.1 Å². The second-order valence-electron chi connectivity index (χ2n) is 3.87. The Bertz CT molecular complexity index is 562. The van der Waals surface area contributed by atoms with Gasteiger partial charge in [-0.25, -0.2) is 8.78 Å². The second kappa shape index (κ2) is 5.42. The van der Waals surface area contributed by atoms with Gasteiger partial charge in [0, 0.05) is 18.2 Å². The van der Waals surface area contributed by atoms with Gasteiger partial charge in [-0.1, -0.05) is 23.7 Å². The highest BCUT2D eigenvalue weighted by molar-refractivity contribution is 6.30. The molecule has 0 aliphatic heterocycles. The number of benzene rings is 1. The molecule has 1 aromatic carbocycles. The zero-order valence-corrected chi connectivity index (χ0v) is 10.0. The molecule has 94 valence electrons. The minimum absolute atomic E-state index is 0.00272. The van der Waals surface area contributed by atoms with Crippen molar-refractivity contribution in [1.29, 1.82) is 0 Å². The van der Waals surface area contributed by atoms with E-state index in [0.29, 0.717) is 5.56 Å². The number of hydrogen-bond acceptors (Lipinski definition) is 2. The monoisotopic (exact) mass is 269 g/mol. The lowest BCUT2D eigenvalue weighted by Gasteiger charge is -2.11. The molecular formula is C13H10ClF2NO. The molecule has 0 saturated heterocycles. The predicted molar refractivity (Wildman–Crippen MR) is 64.3 cm³/mol. The Kier molecular flexibility index (Phi) is 3.89. The first-order chi connectivity index (χ1) is 8.58. The Morgan fingerprint density at radius 1 is 1.28 bits per heavy atom. The lowest BCUT2D eigenvalue weighted by Crippen LogP contribution is -2.04. The predicted octanol–water partition coefficient (Wildman–Crippen LogP) is 3.29. The van der Waals surface area contributed by atoms with Crippen molar-refractivity contribution in [1.82, 2.24) is 4.98 Å². The largest absolute Gasteiger partial charge is 0.388 e. The van der Waals surface area contributed by atoms with Crippen LogP contribution in [0.4, 0.5) is 8.78 Å². The van der Waals surface area contributed by atoms with Crippen LogP contribution in [-0.2, 0) is 6.42 Å². The highest BCUT2D eigenvalue weighted by atomic mass is 35.5. The lowest BCUT2D eigenvalue weighted by atomic mass is 10.0. The van der Waals surface area contributed by atoms with E-state index < -0.39 is 17.7 Å². The summed E-state index contributed by atoms with van der Waals surface area (Å²) >= 11 is 5.64. The SMILES string of the molecule is OC(Cc1cccc(Cl)c1F)c1cncc(F)c1. The minimum atomic E-state index is -1.03. The van der Waals surface area contributed by atoms with Crippen molar-refractivity contribution in [2.45, 2.75) is 12.5 Å². The average molecular weight is 270 g/mol. The summed E-state index contributed by atoms with van der Waals surface area (Å²) in [5, 5.41) is 9.89. The third kappa shape index (κ3) is 2.83. The van der Waals surface area contributed by atoms with Crippen molar-refractivity contribution < 1.29 is 13.9 Å². The first-order valence-electron chi connectivity index (χ1n) is 5.29. The standard InChI is InChI=1S/C13H10ClF2NO/c14-11-3-1-2-8(13(11)16)5-12(18)9-4-10(15)7-17-6-9/h1-4,6-7,12,18H,5H2. The smallest absolute Gasteiger partial charge is 0.145 e. The molecule has 2 rings (SSSR count). The van der Waals surface area contributed by atoms with Crippen LogP contribution in [0, 0.1) is 11.6 Å². The number of aliphatic hydroxyl groups is 1. The maximum Gasteiger partial charge on any atom is 0.145 e. The quantitative estimate of drug-likeness (QED) is 0.927. The summed E-state index contributed by atoms with van der Waals surface area (Å²) in [4.78, 5) is 3.63. The molecule has 1 aromatic heterocycles. The van der Waals surface area contributed by atoms with E-state index in [-0.39, 0.29) is 17.0 Å². The molecule has 0 amide bonds. The van der Waals surface area contributed by atoms with Crippen LogP contribution in [0.15, 0.2) is 36.7 Å². The minimum Gasteiger partial charge on any atom is -0.388 e. The number of aromatic nitrogens is 1. The number of pyridine rings is 1. The molecular weight excluding hydrogens is 260 g/mol. The number of aliphatic hydroxyl groups excluding tert-OH is 1. The topological polar surface area (TPSA) is 33.1 Å². The van der Waals surface area contributed by atoms with E-state index in [1.165, 1.54) is 24.4 Å². The van der Waals surface area contributed by atoms with Gasteiger partial charge in [0.15, 0.2) is 0 Å². The Balaban J connectivity index is 2.21. The number of rotatable bonds is 3. The second-order valence-corrected chi connectivity index (χ2v) is 4.28. The molecule has 0 fully saturated rings. The van der Waals surface area contributed by atoms with Crippen LogP contribution >= 0.6 is 11.6 Å². The van der Waals surface area contributed by atoms with Crippen molar-refractivity contribution >= 4 is 11.6 Å². The first kappa shape index (κ1) is 12.9. The molecule has 1 N–H and O–H groups in total. The fourth-order valence-corrected chi connectivity index (χ4v) is 1.84. The van der Waals surface area contributed by atoms with Gasteiger partial charge in [0.25, 0.3) is 0 Å². The molecule has 0 bridgehead atoms. The van der Waals surface area contributed by atoms with Gasteiger partial charge in [0.2, 0.25) is 0 Å². The van der Waals surface area contributed by atoms with E-state index in [0.717, 1.165) is 6.20 Å². The molecule has 1 unspecified atom stereocenters. The highest BCUT2D eigenvalue weighted by Gasteiger charge is 2.14. The van der Waals surface area contributed by atoms with E-state index in [9.17, 15) is 13.9 Å². The zero-order valence-electron chi connectivity index (χ0n) is 9.28. The fraction of sp³-hybridized carbons (Fsp3) is 0.154. The Labute approximate surface area is 108 Å². The molecule has 0 saturated carbocycles. The molecule has 2 nitrogen and oxygen atoms in total. The van der Waals surface area contributed by atoms with Gasteiger partial charge >= 0.3 is 0 Å². The van der Waals surface area contributed by atoms with Crippen molar-refractivity contribution in [3.05, 3.63) is 64.4 Å². The van der Waals surface area contributed by atoms with Gasteiger partial charge in [-0.15, -0.1) is 0 Å². The Morgan fingerprint density at radius 3 is 2.78 bits per heavy atom. The molecule has 0 aliphatic carbocycles. The van der Waals surface area contributed by atoms with E-state index in [4.69, 9.17) is 11.6 Å². The van der Waals surface area contributed by atoms with Gasteiger partial charge in [-0.2, -0.15) is 0 Å². The lowest BCUT2D eigenvalue weighted by molar-refractivity contribution is 0.176. The molecule has 0 radical (unpaired) electrons.